The van der Waals surface area contributed by atoms with Gasteiger partial charge in [0.25, 0.3) is 0 Å². The van der Waals surface area contributed by atoms with Gasteiger partial charge in [0.1, 0.15) is 0 Å². The van der Waals surface area contributed by atoms with Crippen molar-refractivity contribution in [1.29, 1.82) is 0 Å². The summed E-state index contributed by atoms with van der Waals surface area (Å²) in [6, 6.07) is 8.07. The fraction of sp³-hybridized carbons (Fsp3) is 0.400. The normalized spacial score (nSPS) is 12.8. The monoisotopic (exact) mass is 276 g/mol. The van der Waals surface area contributed by atoms with Gasteiger partial charge >= 0.3 is 0 Å². The van der Waals surface area contributed by atoms with Crippen LogP contribution in [0, 0.1) is 0 Å². The SMILES string of the molecule is OCC(O)CSCc1cccc(Br)c1. The highest BCUT2D eigenvalue weighted by Gasteiger charge is 2.01. The minimum Gasteiger partial charge on any atom is -0.394 e. The van der Waals surface area contributed by atoms with Crippen LogP contribution in [0.1, 0.15) is 5.56 Å². The number of halogens is 1. The molecule has 0 bridgehead atoms. The van der Waals surface area contributed by atoms with Gasteiger partial charge in [-0.15, -0.1) is 0 Å². The van der Waals surface area contributed by atoms with Gasteiger partial charge in [-0.25, -0.2) is 0 Å². The Labute approximate surface area is 96.5 Å². The van der Waals surface area contributed by atoms with Crippen LogP contribution in [0.3, 0.4) is 0 Å². The first-order valence-electron chi connectivity index (χ1n) is 4.33. The minimum atomic E-state index is -0.604. The van der Waals surface area contributed by atoms with Gasteiger partial charge in [-0.1, -0.05) is 28.1 Å². The van der Waals surface area contributed by atoms with Crippen molar-refractivity contribution in [2.75, 3.05) is 12.4 Å². The Morgan fingerprint density at radius 3 is 2.86 bits per heavy atom. The highest BCUT2D eigenvalue weighted by Crippen LogP contribution is 2.17. The van der Waals surface area contributed by atoms with Crippen LogP contribution in [0.2, 0.25) is 0 Å². The van der Waals surface area contributed by atoms with Gasteiger partial charge in [0.2, 0.25) is 0 Å². The second kappa shape index (κ2) is 6.45. The van der Waals surface area contributed by atoms with Gasteiger partial charge in [0.15, 0.2) is 0 Å². The highest BCUT2D eigenvalue weighted by atomic mass is 79.9. The maximum absolute atomic E-state index is 9.11. The second-order valence-corrected chi connectivity index (χ2v) is 4.93. The van der Waals surface area contributed by atoms with E-state index in [2.05, 4.69) is 22.0 Å². The predicted molar refractivity (Wildman–Crippen MR) is 63.4 cm³/mol. The molecule has 2 nitrogen and oxygen atoms in total. The summed E-state index contributed by atoms with van der Waals surface area (Å²) in [6.07, 6.45) is -0.604. The van der Waals surface area contributed by atoms with Crippen molar-refractivity contribution in [2.45, 2.75) is 11.9 Å². The molecule has 0 saturated heterocycles. The molecule has 1 aromatic carbocycles. The number of thioether (sulfide) groups is 1. The van der Waals surface area contributed by atoms with Crippen molar-refractivity contribution >= 4 is 27.7 Å². The van der Waals surface area contributed by atoms with E-state index in [1.165, 1.54) is 5.56 Å². The molecular weight excluding hydrogens is 264 g/mol. The molecule has 0 radical (unpaired) electrons. The van der Waals surface area contributed by atoms with Gasteiger partial charge in [-0.2, -0.15) is 11.8 Å². The number of rotatable bonds is 5. The van der Waals surface area contributed by atoms with Crippen molar-refractivity contribution in [3.8, 4) is 0 Å². The van der Waals surface area contributed by atoms with E-state index in [1.807, 2.05) is 18.2 Å². The summed E-state index contributed by atoms with van der Waals surface area (Å²) in [5, 5.41) is 17.7. The van der Waals surface area contributed by atoms with Crippen molar-refractivity contribution in [3.63, 3.8) is 0 Å². The summed E-state index contributed by atoms with van der Waals surface area (Å²) in [6.45, 7) is -0.161. The zero-order valence-electron chi connectivity index (χ0n) is 7.69. The van der Waals surface area contributed by atoms with Crippen molar-refractivity contribution < 1.29 is 10.2 Å². The molecule has 0 saturated carbocycles. The van der Waals surface area contributed by atoms with E-state index in [0.717, 1.165) is 10.2 Å². The molecule has 0 aliphatic rings. The molecule has 2 N–H and O–H groups in total. The lowest BCUT2D eigenvalue weighted by Gasteiger charge is -2.06. The molecule has 0 fully saturated rings. The van der Waals surface area contributed by atoms with Crippen LogP contribution >= 0.6 is 27.7 Å². The first-order valence-corrected chi connectivity index (χ1v) is 6.28. The summed E-state index contributed by atoms with van der Waals surface area (Å²) in [5.74, 6) is 1.43. The van der Waals surface area contributed by atoms with Crippen molar-refractivity contribution in [2.24, 2.45) is 0 Å². The molecule has 14 heavy (non-hydrogen) atoms. The van der Waals surface area contributed by atoms with Gasteiger partial charge in [-0.05, 0) is 17.7 Å². The minimum absolute atomic E-state index is 0.161. The maximum Gasteiger partial charge on any atom is 0.0861 e. The lowest BCUT2D eigenvalue weighted by molar-refractivity contribution is 0.113. The van der Waals surface area contributed by atoms with E-state index in [1.54, 1.807) is 11.8 Å². The third-order valence-electron chi connectivity index (χ3n) is 1.68. The van der Waals surface area contributed by atoms with Gasteiger partial charge in [0, 0.05) is 16.0 Å². The Bertz CT molecular complexity index is 281. The quantitative estimate of drug-likeness (QED) is 0.865. The maximum atomic E-state index is 9.11. The fourth-order valence-corrected chi connectivity index (χ4v) is 2.35. The first-order chi connectivity index (χ1) is 6.72. The Morgan fingerprint density at radius 1 is 1.43 bits per heavy atom. The second-order valence-electron chi connectivity index (χ2n) is 2.98. The number of benzene rings is 1. The first kappa shape index (κ1) is 12.0. The summed E-state index contributed by atoms with van der Waals surface area (Å²) >= 11 is 5.01. The van der Waals surface area contributed by atoms with Crippen LogP contribution in [0.4, 0.5) is 0 Å². The molecule has 0 spiro atoms. The number of aliphatic hydroxyl groups is 2. The Balaban J connectivity index is 2.31. The summed E-state index contributed by atoms with van der Waals surface area (Å²) < 4.78 is 1.07. The van der Waals surface area contributed by atoms with E-state index in [9.17, 15) is 0 Å². The molecule has 0 amide bonds. The summed E-state index contributed by atoms with van der Waals surface area (Å²) in [4.78, 5) is 0. The number of hydrogen-bond acceptors (Lipinski definition) is 3. The van der Waals surface area contributed by atoms with E-state index >= 15 is 0 Å². The number of aliphatic hydroxyl groups excluding tert-OH is 2. The zero-order valence-corrected chi connectivity index (χ0v) is 10.1. The van der Waals surface area contributed by atoms with E-state index < -0.39 is 6.10 Å². The average molecular weight is 277 g/mol. The fourth-order valence-electron chi connectivity index (χ4n) is 0.992. The zero-order chi connectivity index (χ0) is 10.4. The van der Waals surface area contributed by atoms with Crippen LogP contribution in [0.15, 0.2) is 28.7 Å². The van der Waals surface area contributed by atoms with Gasteiger partial charge < -0.3 is 10.2 Å². The molecule has 0 aliphatic heterocycles. The third kappa shape index (κ3) is 4.46. The van der Waals surface area contributed by atoms with Crippen LogP contribution in [0.25, 0.3) is 0 Å². The average Bonchev–Trinajstić information content (AvgIpc) is 2.17. The Kier molecular flexibility index (Phi) is 5.55. The van der Waals surface area contributed by atoms with E-state index in [4.69, 9.17) is 10.2 Å². The molecule has 1 unspecified atom stereocenters. The molecule has 1 atom stereocenters. The lowest BCUT2D eigenvalue weighted by Crippen LogP contribution is -2.14. The number of hydrogen-bond donors (Lipinski definition) is 2. The van der Waals surface area contributed by atoms with Crippen LogP contribution in [-0.2, 0) is 5.75 Å². The molecule has 78 valence electrons. The van der Waals surface area contributed by atoms with E-state index in [0.29, 0.717) is 5.75 Å². The van der Waals surface area contributed by atoms with Crippen LogP contribution < -0.4 is 0 Å². The van der Waals surface area contributed by atoms with Crippen molar-refractivity contribution in [3.05, 3.63) is 34.3 Å². The van der Waals surface area contributed by atoms with Crippen LogP contribution in [0.5, 0.6) is 0 Å². The smallest absolute Gasteiger partial charge is 0.0861 e. The van der Waals surface area contributed by atoms with E-state index in [-0.39, 0.29) is 6.61 Å². The molecular formula is C10H13BrO2S. The summed E-state index contributed by atoms with van der Waals surface area (Å²) in [5.41, 5.74) is 1.22. The Morgan fingerprint density at radius 2 is 2.21 bits per heavy atom. The van der Waals surface area contributed by atoms with Gasteiger partial charge in [0.05, 0.1) is 12.7 Å². The Hall–Kier alpha value is -0.0300. The largest absolute Gasteiger partial charge is 0.394 e. The third-order valence-corrected chi connectivity index (χ3v) is 3.33. The molecule has 0 aromatic heterocycles. The predicted octanol–water partition coefficient (Wildman–Crippen LogP) is 2.04. The standard InChI is InChI=1S/C10H13BrO2S/c11-9-3-1-2-8(4-9)6-14-7-10(13)5-12/h1-4,10,12-13H,5-7H2. The highest BCUT2D eigenvalue weighted by molar-refractivity contribution is 9.10. The lowest BCUT2D eigenvalue weighted by atomic mass is 10.2. The molecule has 1 rings (SSSR count). The van der Waals surface area contributed by atoms with Crippen molar-refractivity contribution in [1.82, 2.24) is 0 Å². The van der Waals surface area contributed by atoms with Gasteiger partial charge in [-0.3, -0.25) is 0 Å². The van der Waals surface area contributed by atoms with Crippen LogP contribution in [-0.4, -0.2) is 28.7 Å². The molecule has 4 heteroatoms. The topological polar surface area (TPSA) is 40.5 Å². The molecule has 1 aromatic rings. The molecule has 0 aliphatic carbocycles. The summed E-state index contributed by atoms with van der Waals surface area (Å²) in [7, 11) is 0. The molecule has 0 heterocycles.